The summed E-state index contributed by atoms with van der Waals surface area (Å²) in [6.45, 7) is 1.91. The Labute approximate surface area is 156 Å². The zero-order chi connectivity index (χ0) is 18.3. The molecule has 0 unspecified atom stereocenters. The van der Waals surface area contributed by atoms with Crippen molar-refractivity contribution < 1.29 is 13.2 Å². The Morgan fingerprint density at radius 3 is 2.46 bits per heavy atom. The summed E-state index contributed by atoms with van der Waals surface area (Å²) in [4.78, 5) is 13.8. The van der Waals surface area contributed by atoms with E-state index in [1.165, 1.54) is 15.6 Å². The first-order chi connectivity index (χ1) is 12.5. The molecule has 0 fully saturated rings. The number of carbonyl (C=O) groups is 1. The SMILES string of the molecule is Cc1ccc(S(=O)(=O)N2c3ccccc3C[C@@H]2C(=O)c2cccs2)cc1. The quantitative estimate of drug-likeness (QED) is 0.639. The molecule has 6 heteroatoms. The number of para-hydroxylation sites is 1. The van der Waals surface area contributed by atoms with Gasteiger partial charge in [0.1, 0.15) is 6.04 Å². The van der Waals surface area contributed by atoms with Gasteiger partial charge in [0.2, 0.25) is 0 Å². The van der Waals surface area contributed by atoms with Gasteiger partial charge in [0.25, 0.3) is 10.0 Å². The van der Waals surface area contributed by atoms with Crippen LogP contribution in [0.2, 0.25) is 0 Å². The number of hydrogen-bond donors (Lipinski definition) is 0. The Balaban J connectivity index is 1.84. The molecule has 26 heavy (non-hydrogen) atoms. The first-order valence-electron chi connectivity index (χ1n) is 8.25. The van der Waals surface area contributed by atoms with E-state index in [1.807, 2.05) is 24.4 Å². The van der Waals surface area contributed by atoms with Gasteiger partial charge in [-0.05, 0) is 42.1 Å². The highest BCUT2D eigenvalue weighted by atomic mass is 32.2. The topological polar surface area (TPSA) is 54.5 Å². The first-order valence-corrected chi connectivity index (χ1v) is 10.6. The summed E-state index contributed by atoms with van der Waals surface area (Å²) in [6, 6.07) is 16.8. The number of fused-ring (bicyclic) bond motifs is 1. The maximum Gasteiger partial charge on any atom is 0.265 e. The van der Waals surface area contributed by atoms with Crippen molar-refractivity contribution in [3.8, 4) is 0 Å². The Morgan fingerprint density at radius 1 is 1.04 bits per heavy atom. The third-order valence-electron chi connectivity index (χ3n) is 4.57. The lowest BCUT2D eigenvalue weighted by molar-refractivity contribution is 0.0970. The molecule has 0 N–H and O–H groups in total. The highest BCUT2D eigenvalue weighted by Crippen LogP contribution is 2.38. The maximum atomic E-state index is 13.4. The molecule has 4 rings (SSSR count). The molecule has 2 heterocycles. The van der Waals surface area contributed by atoms with Crippen LogP contribution < -0.4 is 4.31 Å². The average molecular weight is 383 g/mol. The zero-order valence-corrected chi connectivity index (χ0v) is 15.8. The van der Waals surface area contributed by atoms with Crippen molar-refractivity contribution in [2.24, 2.45) is 0 Å². The second-order valence-corrected chi connectivity index (χ2v) is 9.07. The van der Waals surface area contributed by atoms with Gasteiger partial charge in [-0.1, -0.05) is 42.0 Å². The molecule has 0 saturated carbocycles. The third-order valence-corrected chi connectivity index (χ3v) is 7.29. The van der Waals surface area contributed by atoms with Gasteiger partial charge in [-0.25, -0.2) is 8.42 Å². The van der Waals surface area contributed by atoms with Crippen LogP contribution in [0, 0.1) is 6.92 Å². The van der Waals surface area contributed by atoms with E-state index in [-0.39, 0.29) is 10.7 Å². The molecule has 0 bridgehead atoms. The molecule has 1 atom stereocenters. The minimum Gasteiger partial charge on any atom is -0.291 e. The van der Waals surface area contributed by atoms with Gasteiger partial charge in [0, 0.05) is 6.42 Å². The van der Waals surface area contributed by atoms with Crippen molar-refractivity contribution >= 4 is 32.8 Å². The fourth-order valence-corrected chi connectivity index (χ4v) is 5.62. The summed E-state index contributed by atoms with van der Waals surface area (Å²) in [5.41, 5.74) is 2.44. The third kappa shape index (κ3) is 2.75. The molecule has 0 amide bonds. The fraction of sp³-hybridized carbons (Fsp3) is 0.150. The number of rotatable bonds is 4. The van der Waals surface area contributed by atoms with Crippen LogP contribution in [-0.2, 0) is 16.4 Å². The summed E-state index contributed by atoms with van der Waals surface area (Å²) in [5, 5.41) is 1.83. The predicted molar refractivity (Wildman–Crippen MR) is 103 cm³/mol. The van der Waals surface area contributed by atoms with Crippen molar-refractivity contribution in [3.05, 3.63) is 82.0 Å². The minimum absolute atomic E-state index is 0.160. The van der Waals surface area contributed by atoms with Gasteiger partial charge < -0.3 is 0 Å². The lowest BCUT2D eigenvalue weighted by atomic mass is 10.1. The number of sulfonamides is 1. The van der Waals surface area contributed by atoms with Gasteiger partial charge in [0.05, 0.1) is 15.5 Å². The molecule has 1 aromatic heterocycles. The zero-order valence-electron chi connectivity index (χ0n) is 14.1. The largest absolute Gasteiger partial charge is 0.291 e. The molecule has 1 aliphatic rings. The Morgan fingerprint density at radius 2 is 1.77 bits per heavy atom. The number of aryl methyl sites for hydroxylation is 1. The van der Waals surface area contributed by atoms with Crippen LogP contribution in [0.3, 0.4) is 0 Å². The number of carbonyl (C=O) groups excluding carboxylic acids is 1. The van der Waals surface area contributed by atoms with E-state index in [4.69, 9.17) is 0 Å². The molecule has 3 aromatic rings. The summed E-state index contributed by atoms with van der Waals surface area (Å²) in [7, 11) is -3.84. The molecule has 2 aromatic carbocycles. The van der Waals surface area contributed by atoms with Gasteiger partial charge in [-0.3, -0.25) is 9.10 Å². The highest BCUT2D eigenvalue weighted by molar-refractivity contribution is 7.93. The monoisotopic (exact) mass is 383 g/mol. The Bertz CT molecular complexity index is 1050. The van der Waals surface area contributed by atoms with Crippen molar-refractivity contribution in [3.63, 3.8) is 0 Å². The second-order valence-electron chi connectivity index (χ2n) is 6.30. The van der Waals surface area contributed by atoms with Crippen LogP contribution in [0.25, 0.3) is 0 Å². The highest BCUT2D eigenvalue weighted by Gasteiger charge is 2.42. The molecular formula is C20H17NO3S2. The van der Waals surface area contributed by atoms with E-state index in [2.05, 4.69) is 0 Å². The van der Waals surface area contributed by atoms with E-state index in [9.17, 15) is 13.2 Å². The van der Waals surface area contributed by atoms with E-state index in [0.717, 1.165) is 11.1 Å². The van der Waals surface area contributed by atoms with Crippen LogP contribution in [0.1, 0.15) is 20.8 Å². The number of benzene rings is 2. The van der Waals surface area contributed by atoms with Crippen molar-refractivity contribution in [1.82, 2.24) is 0 Å². The second kappa shape index (κ2) is 6.37. The molecule has 0 radical (unpaired) electrons. The van der Waals surface area contributed by atoms with Gasteiger partial charge in [-0.2, -0.15) is 0 Å². The summed E-state index contributed by atoms with van der Waals surface area (Å²) in [5.74, 6) is -0.160. The summed E-state index contributed by atoms with van der Waals surface area (Å²) < 4.78 is 28.0. The Hall–Kier alpha value is -2.44. The standard InChI is InChI=1S/C20H17NO3S2/c1-14-8-10-16(11-9-14)26(23,24)21-17-6-3-2-5-15(17)13-18(21)20(22)19-7-4-12-25-19/h2-12,18H,13H2,1H3/t18-/m1/s1. The van der Waals surface area contributed by atoms with E-state index in [0.29, 0.717) is 17.0 Å². The lowest BCUT2D eigenvalue weighted by Crippen LogP contribution is -2.42. The molecule has 4 nitrogen and oxygen atoms in total. The number of anilines is 1. The number of Topliss-reactive ketones (excluding diaryl/α,β-unsaturated/α-hetero) is 1. The van der Waals surface area contributed by atoms with Crippen molar-refractivity contribution in [2.45, 2.75) is 24.3 Å². The summed E-state index contributed by atoms with van der Waals surface area (Å²) >= 11 is 1.34. The normalized spacial score (nSPS) is 16.5. The minimum atomic E-state index is -3.84. The lowest BCUT2D eigenvalue weighted by Gasteiger charge is -2.26. The number of ketones is 1. The molecule has 132 valence electrons. The van der Waals surface area contributed by atoms with Gasteiger partial charge >= 0.3 is 0 Å². The molecule has 0 spiro atoms. The summed E-state index contributed by atoms with van der Waals surface area (Å²) in [6.07, 6.45) is 0.387. The van der Waals surface area contributed by atoms with Crippen LogP contribution >= 0.6 is 11.3 Å². The van der Waals surface area contributed by atoms with Crippen LogP contribution in [0.5, 0.6) is 0 Å². The van der Waals surface area contributed by atoms with Crippen molar-refractivity contribution in [2.75, 3.05) is 4.31 Å². The molecule has 0 saturated heterocycles. The Kier molecular flexibility index (Phi) is 4.17. The molecular weight excluding hydrogens is 366 g/mol. The van der Waals surface area contributed by atoms with Crippen molar-refractivity contribution in [1.29, 1.82) is 0 Å². The van der Waals surface area contributed by atoms with Gasteiger partial charge in [-0.15, -0.1) is 11.3 Å². The number of thiophene rings is 1. The average Bonchev–Trinajstić information content (AvgIpc) is 3.29. The van der Waals surface area contributed by atoms with E-state index < -0.39 is 16.1 Å². The van der Waals surface area contributed by atoms with E-state index >= 15 is 0 Å². The molecule has 1 aliphatic heterocycles. The smallest absolute Gasteiger partial charge is 0.265 e. The van der Waals surface area contributed by atoms with Crippen LogP contribution in [-0.4, -0.2) is 20.2 Å². The predicted octanol–water partition coefficient (Wildman–Crippen LogP) is 4.06. The van der Waals surface area contributed by atoms with Gasteiger partial charge in [0.15, 0.2) is 5.78 Å². The first kappa shape index (κ1) is 17.0. The van der Waals surface area contributed by atoms with Crippen LogP contribution in [0.4, 0.5) is 5.69 Å². The molecule has 0 aliphatic carbocycles. The number of nitrogens with zero attached hydrogens (tertiary/aromatic N) is 1. The maximum absolute atomic E-state index is 13.4. The van der Waals surface area contributed by atoms with Crippen LogP contribution in [0.15, 0.2) is 70.9 Å². The fourth-order valence-electron chi connectivity index (χ4n) is 3.26. The number of hydrogen-bond acceptors (Lipinski definition) is 4. The van der Waals surface area contributed by atoms with E-state index in [1.54, 1.807) is 48.5 Å².